The molecule has 1 unspecified atom stereocenters. The van der Waals surface area contributed by atoms with Crippen molar-refractivity contribution in [1.82, 2.24) is 19.4 Å². The standard InChI is InChI=1S/C23H27N5.CH4/c1-16-13-19(8-7-18(16)6-4-5-17-9-11-27(2)15-17)22-20-10-12-28(3)23(20)26-21(14-24)25-22;/h7-8,10,12-13,17H,4-6,9,11,15H2,1-3H3;1H4. The van der Waals surface area contributed by atoms with E-state index in [2.05, 4.69) is 53.1 Å². The van der Waals surface area contributed by atoms with Crippen molar-refractivity contribution in [3.05, 3.63) is 47.4 Å². The van der Waals surface area contributed by atoms with E-state index in [4.69, 9.17) is 0 Å². The maximum absolute atomic E-state index is 9.31. The Morgan fingerprint density at radius 3 is 2.72 bits per heavy atom. The summed E-state index contributed by atoms with van der Waals surface area (Å²) in [7, 11) is 4.16. The molecule has 5 heteroatoms. The Bertz CT molecular complexity index is 1040. The Labute approximate surface area is 174 Å². The lowest BCUT2D eigenvalue weighted by atomic mass is 9.95. The maximum atomic E-state index is 9.31. The predicted molar refractivity (Wildman–Crippen MR) is 119 cm³/mol. The van der Waals surface area contributed by atoms with Crippen LogP contribution in [0, 0.1) is 24.2 Å². The second-order valence-corrected chi connectivity index (χ2v) is 8.12. The van der Waals surface area contributed by atoms with Gasteiger partial charge in [-0.25, -0.2) is 9.97 Å². The molecule has 0 bridgehead atoms. The zero-order valence-corrected chi connectivity index (χ0v) is 16.9. The minimum atomic E-state index is 0. The van der Waals surface area contributed by atoms with Gasteiger partial charge in [-0.2, -0.15) is 5.26 Å². The number of nitriles is 1. The van der Waals surface area contributed by atoms with E-state index in [9.17, 15) is 5.26 Å². The minimum absolute atomic E-state index is 0. The van der Waals surface area contributed by atoms with E-state index in [1.807, 2.05) is 23.9 Å². The van der Waals surface area contributed by atoms with Gasteiger partial charge in [0.05, 0.1) is 5.69 Å². The van der Waals surface area contributed by atoms with Crippen LogP contribution in [0.1, 0.15) is 43.6 Å². The van der Waals surface area contributed by atoms with Gasteiger partial charge >= 0.3 is 0 Å². The van der Waals surface area contributed by atoms with E-state index in [1.165, 1.54) is 43.5 Å². The minimum Gasteiger partial charge on any atom is -0.335 e. The van der Waals surface area contributed by atoms with E-state index in [0.717, 1.165) is 34.6 Å². The van der Waals surface area contributed by atoms with Crippen LogP contribution in [-0.4, -0.2) is 39.6 Å². The number of hydrogen-bond acceptors (Lipinski definition) is 4. The molecule has 0 saturated carbocycles. The monoisotopic (exact) mass is 389 g/mol. The van der Waals surface area contributed by atoms with Gasteiger partial charge in [0.25, 0.3) is 0 Å². The largest absolute Gasteiger partial charge is 0.335 e. The lowest BCUT2D eigenvalue weighted by Gasteiger charge is -2.12. The molecule has 0 aliphatic carbocycles. The van der Waals surface area contributed by atoms with Gasteiger partial charge in [-0.3, -0.25) is 0 Å². The molecule has 1 aliphatic heterocycles. The van der Waals surface area contributed by atoms with E-state index in [-0.39, 0.29) is 13.3 Å². The zero-order valence-electron chi connectivity index (χ0n) is 16.9. The second-order valence-electron chi connectivity index (χ2n) is 8.12. The molecule has 152 valence electrons. The first-order chi connectivity index (χ1) is 13.5. The summed E-state index contributed by atoms with van der Waals surface area (Å²) in [5.41, 5.74) is 5.39. The fourth-order valence-electron chi connectivity index (χ4n) is 4.37. The van der Waals surface area contributed by atoms with Crippen molar-refractivity contribution in [2.45, 2.75) is 40.0 Å². The summed E-state index contributed by atoms with van der Waals surface area (Å²) < 4.78 is 1.93. The lowest BCUT2D eigenvalue weighted by molar-refractivity contribution is 0.385. The van der Waals surface area contributed by atoms with Crippen molar-refractivity contribution < 1.29 is 0 Å². The van der Waals surface area contributed by atoms with Gasteiger partial charge in [0, 0.05) is 30.7 Å². The Kier molecular flexibility index (Phi) is 6.34. The number of benzene rings is 1. The first kappa shape index (κ1) is 21.0. The smallest absolute Gasteiger partial charge is 0.234 e. The summed E-state index contributed by atoms with van der Waals surface area (Å²) in [5, 5.41) is 10.3. The van der Waals surface area contributed by atoms with Crippen molar-refractivity contribution in [1.29, 1.82) is 5.26 Å². The fourth-order valence-corrected chi connectivity index (χ4v) is 4.37. The van der Waals surface area contributed by atoms with Crippen LogP contribution in [0.5, 0.6) is 0 Å². The van der Waals surface area contributed by atoms with Gasteiger partial charge in [0.1, 0.15) is 11.7 Å². The van der Waals surface area contributed by atoms with Crippen molar-refractivity contribution >= 4 is 11.0 Å². The van der Waals surface area contributed by atoms with Crippen LogP contribution in [0.2, 0.25) is 0 Å². The van der Waals surface area contributed by atoms with Crippen LogP contribution in [0.15, 0.2) is 30.5 Å². The Balaban J connectivity index is 0.00000240. The Morgan fingerprint density at radius 2 is 2.03 bits per heavy atom. The molecule has 1 aliphatic rings. The topological polar surface area (TPSA) is 57.7 Å². The summed E-state index contributed by atoms with van der Waals surface area (Å²) in [6.45, 7) is 4.67. The molecule has 0 N–H and O–H groups in total. The quantitative estimate of drug-likeness (QED) is 0.633. The van der Waals surface area contributed by atoms with Gasteiger partial charge in [0.2, 0.25) is 5.82 Å². The van der Waals surface area contributed by atoms with Crippen molar-refractivity contribution in [3.63, 3.8) is 0 Å². The van der Waals surface area contributed by atoms with Gasteiger partial charge < -0.3 is 9.47 Å². The summed E-state index contributed by atoms with van der Waals surface area (Å²) in [5.74, 6) is 1.08. The molecule has 5 nitrogen and oxygen atoms in total. The molecule has 29 heavy (non-hydrogen) atoms. The summed E-state index contributed by atoms with van der Waals surface area (Å²) in [4.78, 5) is 11.3. The molecule has 1 fully saturated rings. The SMILES string of the molecule is C.Cc1cc(-c2nc(C#N)nc3c2ccn3C)ccc1CCCC1CCN(C)C1. The average molecular weight is 390 g/mol. The summed E-state index contributed by atoms with van der Waals surface area (Å²) >= 11 is 0. The first-order valence-corrected chi connectivity index (χ1v) is 10.1. The molecular weight excluding hydrogens is 358 g/mol. The zero-order chi connectivity index (χ0) is 19.7. The highest BCUT2D eigenvalue weighted by Crippen LogP contribution is 2.29. The Morgan fingerprint density at radius 1 is 1.21 bits per heavy atom. The van der Waals surface area contributed by atoms with Crippen LogP contribution < -0.4 is 0 Å². The van der Waals surface area contributed by atoms with Gasteiger partial charge in [-0.15, -0.1) is 0 Å². The molecule has 3 heterocycles. The molecule has 4 rings (SSSR count). The molecule has 1 atom stereocenters. The van der Waals surface area contributed by atoms with Gasteiger partial charge in [-0.1, -0.05) is 19.6 Å². The molecule has 0 radical (unpaired) electrons. The highest BCUT2D eigenvalue weighted by Gasteiger charge is 2.19. The third-order valence-electron chi connectivity index (χ3n) is 5.99. The van der Waals surface area contributed by atoms with Crippen molar-refractivity contribution in [2.75, 3.05) is 20.1 Å². The maximum Gasteiger partial charge on any atom is 0.234 e. The normalized spacial score (nSPS) is 16.7. The van der Waals surface area contributed by atoms with Crippen LogP contribution in [0.4, 0.5) is 0 Å². The number of fused-ring (bicyclic) bond motifs is 1. The summed E-state index contributed by atoms with van der Waals surface area (Å²) in [6, 6.07) is 10.7. The van der Waals surface area contributed by atoms with Crippen LogP contribution in [0.25, 0.3) is 22.3 Å². The predicted octanol–water partition coefficient (Wildman–Crippen LogP) is 4.73. The molecular formula is C24H31N5. The number of nitrogens with zero attached hydrogens (tertiary/aromatic N) is 5. The van der Waals surface area contributed by atoms with Crippen molar-refractivity contribution in [2.24, 2.45) is 13.0 Å². The van der Waals surface area contributed by atoms with Crippen LogP contribution in [-0.2, 0) is 13.5 Å². The Hall–Kier alpha value is -2.71. The third kappa shape index (κ3) is 4.33. The van der Waals surface area contributed by atoms with Crippen molar-refractivity contribution in [3.8, 4) is 17.3 Å². The average Bonchev–Trinajstić information content (AvgIpc) is 3.28. The third-order valence-corrected chi connectivity index (χ3v) is 5.99. The number of likely N-dealkylation sites (tertiary alicyclic amines) is 1. The van der Waals surface area contributed by atoms with Gasteiger partial charge in [-0.05, 0) is 75.4 Å². The molecule has 0 spiro atoms. The van der Waals surface area contributed by atoms with E-state index in [1.54, 1.807) is 0 Å². The summed E-state index contributed by atoms with van der Waals surface area (Å²) in [6.07, 6.45) is 6.99. The number of aryl methyl sites for hydroxylation is 3. The van der Waals surface area contributed by atoms with E-state index < -0.39 is 0 Å². The molecule has 1 aromatic carbocycles. The molecule has 3 aromatic rings. The molecule has 1 saturated heterocycles. The first-order valence-electron chi connectivity index (χ1n) is 10.1. The molecule has 0 amide bonds. The van der Waals surface area contributed by atoms with Gasteiger partial charge in [0.15, 0.2) is 0 Å². The fraction of sp³-hybridized carbons (Fsp3) is 0.458. The highest BCUT2D eigenvalue weighted by atomic mass is 15.1. The lowest BCUT2D eigenvalue weighted by Crippen LogP contribution is -2.14. The number of rotatable bonds is 5. The highest BCUT2D eigenvalue weighted by molar-refractivity contribution is 5.91. The van der Waals surface area contributed by atoms with Crippen LogP contribution >= 0.6 is 0 Å². The molecule has 2 aromatic heterocycles. The second kappa shape index (κ2) is 8.75. The van der Waals surface area contributed by atoms with Crippen LogP contribution in [0.3, 0.4) is 0 Å². The van der Waals surface area contributed by atoms with E-state index >= 15 is 0 Å². The number of hydrogen-bond donors (Lipinski definition) is 0. The van der Waals surface area contributed by atoms with E-state index in [0.29, 0.717) is 0 Å². The number of aromatic nitrogens is 3.